The van der Waals surface area contributed by atoms with Crippen molar-refractivity contribution in [1.82, 2.24) is 4.98 Å². The highest BCUT2D eigenvalue weighted by molar-refractivity contribution is 6.00. The van der Waals surface area contributed by atoms with Crippen LogP contribution in [0.4, 0.5) is 0 Å². The van der Waals surface area contributed by atoms with Crippen LogP contribution in [0.2, 0.25) is 0 Å². The standard InChI is InChI=1S/C14H13N3O4/c1-8-4-5-16-14(12(8)13(15)17-18)21-9-2-3-10-11(6-9)20-7-19-10/h2-6,18H,7H2,1H3,(H2,15,17). The van der Waals surface area contributed by atoms with E-state index in [2.05, 4.69) is 10.1 Å². The van der Waals surface area contributed by atoms with Gasteiger partial charge in [0, 0.05) is 12.3 Å². The lowest BCUT2D eigenvalue weighted by atomic mass is 10.1. The van der Waals surface area contributed by atoms with E-state index in [-0.39, 0.29) is 18.5 Å². The number of hydrogen-bond donors (Lipinski definition) is 2. The van der Waals surface area contributed by atoms with E-state index in [1.807, 2.05) is 6.92 Å². The highest BCUT2D eigenvalue weighted by Crippen LogP contribution is 2.36. The Morgan fingerprint density at radius 3 is 2.95 bits per heavy atom. The fraction of sp³-hybridized carbons (Fsp3) is 0.143. The van der Waals surface area contributed by atoms with Crippen molar-refractivity contribution < 1.29 is 19.4 Å². The van der Waals surface area contributed by atoms with E-state index in [4.69, 9.17) is 25.2 Å². The number of amidine groups is 1. The molecule has 2 aromatic rings. The van der Waals surface area contributed by atoms with Crippen molar-refractivity contribution in [2.75, 3.05) is 6.79 Å². The molecular formula is C14H13N3O4. The third kappa shape index (κ3) is 2.40. The second-order valence-corrected chi connectivity index (χ2v) is 4.41. The summed E-state index contributed by atoms with van der Waals surface area (Å²) < 4.78 is 16.2. The number of hydrogen-bond acceptors (Lipinski definition) is 6. The smallest absolute Gasteiger partial charge is 0.231 e. The molecule has 0 saturated carbocycles. The number of pyridine rings is 1. The number of rotatable bonds is 3. The van der Waals surface area contributed by atoms with E-state index in [9.17, 15) is 0 Å². The maximum atomic E-state index is 8.87. The lowest BCUT2D eigenvalue weighted by molar-refractivity contribution is 0.174. The molecule has 0 fully saturated rings. The van der Waals surface area contributed by atoms with Crippen molar-refractivity contribution in [3.63, 3.8) is 0 Å². The molecule has 3 N–H and O–H groups in total. The van der Waals surface area contributed by atoms with Gasteiger partial charge in [0.2, 0.25) is 12.7 Å². The Morgan fingerprint density at radius 2 is 2.14 bits per heavy atom. The molecule has 1 aliphatic rings. The van der Waals surface area contributed by atoms with Crippen molar-refractivity contribution in [3.8, 4) is 23.1 Å². The van der Waals surface area contributed by atoms with Crippen molar-refractivity contribution in [2.45, 2.75) is 6.92 Å². The predicted molar refractivity (Wildman–Crippen MR) is 74.1 cm³/mol. The highest BCUT2D eigenvalue weighted by Gasteiger charge is 2.17. The normalized spacial score (nSPS) is 13.3. The molecule has 0 atom stereocenters. The minimum absolute atomic E-state index is 0.0589. The zero-order chi connectivity index (χ0) is 14.8. The summed E-state index contributed by atoms with van der Waals surface area (Å²) >= 11 is 0. The van der Waals surface area contributed by atoms with Gasteiger partial charge in [-0.2, -0.15) is 0 Å². The van der Waals surface area contributed by atoms with E-state index < -0.39 is 0 Å². The van der Waals surface area contributed by atoms with Gasteiger partial charge in [-0.15, -0.1) is 0 Å². The summed E-state index contributed by atoms with van der Waals surface area (Å²) in [5.41, 5.74) is 6.91. The van der Waals surface area contributed by atoms with Crippen LogP contribution in [-0.2, 0) is 0 Å². The molecule has 0 bridgehead atoms. The Morgan fingerprint density at radius 1 is 1.33 bits per heavy atom. The maximum Gasteiger partial charge on any atom is 0.231 e. The zero-order valence-electron chi connectivity index (χ0n) is 11.2. The number of oxime groups is 1. The molecule has 0 unspecified atom stereocenters. The Bertz CT molecular complexity index is 715. The highest BCUT2D eigenvalue weighted by atomic mass is 16.7. The molecular weight excluding hydrogens is 274 g/mol. The fourth-order valence-electron chi connectivity index (χ4n) is 2.02. The molecule has 0 spiro atoms. The maximum absolute atomic E-state index is 8.87. The van der Waals surface area contributed by atoms with E-state index in [0.717, 1.165) is 5.56 Å². The average molecular weight is 287 g/mol. The minimum Gasteiger partial charge on any atom is -0.454 e. The van der Waals surface area contributed by atoms with Crippen LogP contribution in [0.15, 0.2) is 35.6 Å². The van der Waals surface area contributed by atoms with Gasteiger partial charge in [0.05, 0.1) is 5.56 Å². The predicted octanol–water partition coefficient (Wildman–Crippen LogP) is 2.01. The van der Waals surface area contributed by atoms with Gasteiger partial charge in [0.25, 0.3) is 0 Å². The summed E-state index contributed by atoms with van der Waals surface area (Å²) in [7, 11) is 0. The summed E-state index contributed by atoms with van der Waals surface area (Å²) in [6.07, 6.45) is 1.59. The molecule has 1 aromatic heterocycles. The van der Waals surface area contributed by atoms with Gasteiger partial charge in [0.15, 0.2) is 17.3 Å². The van der Waals surface area contributed by atoms with Crippen LogP contribution < -0.4 is 19.9 Å². The number of aromatic nitrogens is 1. The van der Waals surface area contributed by atoms with Crippen LogP contribution in [0.3, 0.4) is 0 Å². The Hall–Kier alpha value is -2.96. The number of ether oxygens (including phenoxy) is 3. The Balaban J connectivity index is 1.97. The molecule has 0 saturated heterocycles. The lowest BCUT2D eigenvalue weighted by Crippen LogP contribution is -2.16. The third-order valence-electron chi connectivity index (χ3n) is 3.05. The van der Waals surface area contributed by atoms with Gasteiger partial charge >= 0.3 is 0 Å². The fourth-order valence-corrected chi connectivity index (χ4v) is 2.02. The third-order valence-corrected chi connectivity index (χ3v) is 3.05. The van der Waals surface area contributed by atoms with Crippen LogP contribution >= 0.6 is 0 Å². The quantitative estimate of drug-likeness (QED) is 0.388. The largest absolute Gasteiger partial charge is 0.454 e. The summed E-state index contributed by atoms with van der Waals surface area (Å²) in [6, 6.07) is 6.92. The molecule has 0 amide bonds. The van der Waals surface area contributed by atoms with Gasteiger partial charge in [-0.3, -0.25) is 0 Å². The minimum atomic E-state index is -0.0589. The van der Waals surface area contributed by atoms with E-state index in [1.54, 1.807) is 30.5 Å². The van der Waals surface area contributed by atoms with E-state index in [0.29, 0.717) is 22.8 Å². The van der Waals surface area contributed by atoms with Crippen LogP contribution in [-0.4, -0.2) is 22.8 Å². The zero-order valence-corrected chi connectivity index (χ0v) is 11.2. The van der Waals surface area contributed by atoms with Gasteiger partial charge < -0.3 is 25.2 Å². The Labute approximate surface area is 120 Å². The first kappa shape index (κ1) is 13.0. The van der Waals surface area contributed by atoms with Crippen LogP contribution in [0.5, 0.6) is 23.1 Å². The summed E-state index contributed by atoms with van der Waals surface area (Å²) in [6.45, 7) is 2.01. The summed E-state index contributed by atoms with van der Waals surface area (Å²) in [5.74, 6) is 1.98. The molecule has 108 valence electrons. The molecule has 1 aromatic carbocycles. The van der Waals surface area contributed by atoms with Gasteiger partial charge in [-0.1, -0.05) is 5.16 Å². The lowest BCUT2D eigenvalue weighted by Gasteiger charge is -2.11. The van der Waals surface area contributed by atoms with E-state index in [1.165, 1.54) is 0 Å². The van der Waals surface area contributed by atoms with Crippen molar-refractivity contribution >= 4 is 5.84 Å². The molecule has 0 radical (unpaired) electrons. The van der Waals surface area contributed by atoms with Crippen LogP contribution in [0, 0.1) is 6.92 Å². The first-order valence-electron chi connectivity index (χ1n) is 6.20. The van der Waals surface area contributed by atoms with Crippen molar-refractivity contribution in [2.24, 2.45) is 10.9 Å². The van der Waals surface area contributed by atoms with Crippen LogP contribution in [0.25, 0.3) is 0 Å². The van der Waals surface area contributed by atoms with Gasteiger partial charge in [-0.25, -0.2) is 4.98 Å². The SMILES string of the molecule is Cc1ccnc(Oc2ccc3c(c2)OCO3)c1/C(N)=N/O. The topological polar surface area (TPSA) is 99.2 Å². The van der Waals surface area contributed by atoms with Gasteiger partial charge in [-0.05, 0) is 30.7 Å². The first-order chi connectivity index (χ1) is 10.2. The number of aryl methyl sites for hydroxylation is 1. The van der Waals surface area contributed by atoms with Crippen molar-refractivity contribution in [1.29, 1.82) is 0 Å². The molecule has 21 heavy (non-hydrogen) atoms. The van der Waals surface area contributed by atoms with Crippen molar-refractivity contribution in [3.05, 3.63) is 41.6 Å². The molecule has 3 rings (SSSR count). The van der Waals surface area contributed by atoms with Crippen LogP contribution in [0.1, 0.15) is 11.1 Å². The number of fused-ring (bicyclic) bond motifs is 1. The second kappa shape index (κ2) is 5.20. The molecule has 0 aliphatic carbocycles. The van der Waals surface area contributed by atoms with Gasteiger partial charge in [0.1, 0.15) is 5.75 Å². The molecule has 7 nitrogen and oxygen atoms in total. The number of nitrogens with two attached hydrogens (primary N) is 1. The summed E-state index contributed by atoms with van der Waals surface area (Å²) in [5, 5.41) is 11.9. The monoisotopic (exact) mass is 287 g/mol. The Kier molecular flexibility index (Phi) is 3.23. The second-order valence-electron chi connectivity index (χ2n) is 4.41. The molecule has 7 heteroatoms. The number of nitrogens with zero attached hydrogens (tertiary/aromatic N) is 2. The summed E-state index contributed by atoms with van der Waals surface area (Å²) in [4.78, 5) is 4.13. The molecule has 2 heterocycles. The average Bonchev–Trinajstić information content (AvgIpc) is 2.94. The number of benzene rings is 1. The molecule has 1 aliphatic heterocycles. The first-order valence-corrected chi connectivity index (χ1v) is 6.20. The van der Waals surface area contributed by atoms with E-state index >= 15 is 0 Å².